The number of hydrogen-bond acceptors (Lipinski definition) is 3. The minimum absolute atomic E-state index is 0.0875. The normalized spacial score (nSPS) is 18.1. The number of amides is 1. The highest BCUT2D eigenvalue weighted by Gasteiger charge is 2.09. The number of nitrogens with zero attached hydrogens (tertiary/aromatic N) is 1. The lowest BCUT2D eigenvalue weighted by Gasteiger charge is -2.26. The van der Waals surface area contributed by atoms with Crippen LogP contribution in [0.25, 0.3) is 0 Å². The summed E-state index contributed by atoms with van der Waals surface area (Å²) in [6, 6.07) is 0. The van der Waals surface area contributed by atoms with Crippen LogP contribution < -0.4 is 10.6 Å². The molecule has 1 rings (SSSR count). The summed E-state index contributed by atoms with van der Waals surface area (Å²) in [4.78, 5) is 13.5. The molecule has 0 bridgehead atoms. The Morgan fingerprint density at radius 3 is 2.64 bits per heavy atom. The quantitative estimate of drug-likeness (QED) is 0.645. The monoisotopic (exact) mass is 199 g/mol. The van der Waals surface area contributed by atoms with Crippen molar-refractivity contribution in [2.24, 2.45) is 0 Å². The van der Waals surface area contributed by atoms with E-state index in [1.54, 1.807) is 7.05 Å². The van der Waals surface area contributed by atoms with E-state index in [4.69, 9.17) is 0 Å². The molecule has 4 heteroatoms. The van der Waals surface area contributed by atoms with Gasteiger partial charge in [0.1, 0.15) is 0 Å². The van der Waals surface area contributed by atoms with E-state index >= 15 is 0 Å². The first-order chi connectivity index (χ1) is 6.83. The van der Waals surface area contributed by atoms with Crippen LogP contribution in [-0.4, -0.2) is 50.6 Å². The first-order valence-electron chi connectivity index (χ1n) is 5.46. The number of piperidine rings is 1. The molecule has 0 aromatic heterocycles. The molecule has 0 radical (unpaired) electrons. The molecule has 14 heavy (non-hydrogen) atoms. The van der Waals surface area contributed by atoms with Crippen molar-refractivity contribution in [3.63, 3.8) is 0 Å². The first kappa shape index (κ1) is 11.5. The predicted molar refractivity (Wildman–Crippen MR) is 57.2 cm³/mol. The second-order valence-electron chi connectivity index (χ2n) is 3.78. The summed E-state index contributed by atoms with van der Waals surface area (Å²) in [7, 11) is 1.78. The molecule has 1 heterocycles. The van der Waals surface area contributed by atoms with Gasteiger partial charge in [0.2, 0.25) is 5.91 Å². The van der Waals surface area contributed by atoms with Crippen LogP contribution in [0.4, 0.5) is 0 Å². The smallest absolute Gasteiger partial charge is 0.233 e. The van der Waals surface area contributed by atoms with Crippen LogP contribution in [0.15, 0.2) is 0 Å². The fourth-order valence-electron chi connectivity index (χ4n) is 1.76. The molecule has 0 aromatic carbocycles. The zero-order chi connectivity index (χ0) is 10.2. The van der Waals surface area contributed by atoms with Gasteiger partial charge in [0.05, 0.1) is 6.54 Å². The van der Waals surface area contributed by atoms with Gasteiger partial charge in [-0.1, -0.05) is 6.42 Å². The Bertz CT molecular complexity index is 167. The van der Waals surface area contributed by atoms with Crippen LogP contribution in [0.2, 0.25) is 0 Å². The van der Waals surface area contributed by atoms with Crippen LogP contribution in [0.1, 0.15) is 19.3 Å². The van der Waals surface area contributed by atoms with Crippen molar-refractivity contribution in [2.45, 2.75) is 19.3 Å². The molecular weight excluding hydrogens is 178 g/mol. The van der Waals surface area contributed by atoms with Crippen molar-refractivity contribution >= 4 is 5.91 Å². The molecule has 1 fully saturated rings. The second kappa shape index (κ2) is 6.79. The van der Waals surface area contributed by atoms with E-state index in [0.29, 0.717) is 6.54 Å². The van der Waals surface area contributed by atoms with E-state index in [9.17, 15) is 4.79 Å². The molecular formula is C10H21N3O. The number of carbonyl (C=O) groups is 1. The fraction of sp³-hybridized carbons (Fsp3) is 0.900. The molecule has 0 unspecified atom stereocenters. The molecule has 1 aliphatic heterocycles. The summed E-state index contributed by atoms with van der Waals surface area (Å²) in [6.45, 7) is 4.58. The van der Waals surface area contributed by atoms with E-state index < -0.39 is 0 Å². The summed E-state index contributed by atoms with van der Waals surface area (Å²) >= 11 is 0. The van der Waals surface area contributed by atoms with Gasteiger partial charge in [-0.25, -0.2) is 0 Å². The number of nitrogens with one attached hydrogen (secondary N) is 2. The van der Waals surface area contributed by atoms with E-state index in [0.717, 1.165) is 13.1 Å². The minimum atomic E-state index is 0.0875. The Hall–Kier alpha value is -0.610. The molecule has 1 amide bonds. The molecule has 0 saturated carbocycles. The van der Waals surface area contributed by atoms with E-state index in [2.05, 4.69) is 15.5 Å². The van der Waals surface area contributed by atoms with E-state index in [1.807, 2.05) is 0 Å². The lowest BCUT2D eigenvalue weighted by atomic mass is 10.1. The zero-order valence-electron chi connectivity index (χ0n) is 9.01. The number of hydrogen-bond donors (Lipinski definition) is 2. The van der Waals surface area contributed by atoms with Crippen molar-refractivity contribution in [2.75, 3.05) is 39.8 Å². The van der Waals surface area contributed by atoms with Crippen LogP contribution in [0.5, 0.6) is 0 Å². The fourth-order valence-corrected chi connectivity index (χ4v) is 1.76. The molecule has 0 aliphatic carbocycles. The maximum Gasteiger partial charge on any atom is 0.233 e. The van der Waals surface area contributed by atoms with Crippen molar-refractivity contribution in [1.29, 1.82) is 0 Å². The van der Waals surface area contributed by atoms with Crippen molar-refractivity contribution in [1.82, 2.24) is 15.5 Å². The topological polar surface area (TPSA) is 44.4 Å². The molecule has 4 nitrogen and oxygen atoms in total. The van der Waals surface area contributed by atoms with Crippen LogP contribution in [-0.2, 0) is 4.79 Å². The lowest BCUT2D eigenvalue weighted by Crippen LogP contribution is -2.40. The van der Waals surface area contributed by atoms with Crippen molar-refractivity contribution < 1.29 is 4.79 Å². The number of carbonyl (C=O) groups excluding carboxylic acids is 1. The van der Waals surface area contributed by atoms with Crippen LogP contribution in [0, 0.1) is 0 Å². The van der Waals surface area contributed by atoms with Gasteiger partial charge in [0.25, 0.3) is 0 Å². The third-order valence-corrected chi connectivity index (χ3v) is 2.54. The second-order valence-corrected chi connectivity index (χ2v) is 3.78. The molecule has 1 aliphatic rings. The Balaban J connectivity index is 1.99. The maximum absolute atomic E-state index is 11.1. The highest BCUT2D eigenvalue weighted by atomic mass is 16.1. The van der Waals surface area contributed by atoms with Gasteiger partial charge < -0.3 is 15.5 Å². The summed E-state index contributed by atoms with van der Waals surface area (Å²) < 4.78 is 0. The van der Waals surface area contributed by atoms with Gasteiger partial charge in [0, 0.05) is 13.1 Å². The number of likely N-dealkylation sites (tertiary alicyclic amines) is 1. The Kier molecular flexibility index (Phi) is 5.56. The number of rotatable bonds is 5. The van der Waals surface area contributed by atoms with Gasteiger partial charge in [-0.05, 0) is 33.0 Å². The summed E-state index contributed by atoms with van der Waals surface area (Å²) in [6.07, 6.45) is 3.98. The van der Waals surface area contributed by atoms with E-state index in [-0.39, 0.29) is 5.91 Å². The average molecular weight is 199 g/mol. The van der Waals surface area contributed by atoms with Crippen LogP contribution >= 0.6 is 0 Å². The summed E-state index contributed by atoms with van der Waals surface area (Å²) in [5, 5.41) is 5.72. The predicted octanol–water partition coefficient (Wildman–Crippen LogP) is -0.192. The van der Waals surface area contributed by atoms with Crippen molar-refractivity contribution in [3.05, 3.63) is 0 Å². The molecule has 0 aromatic rings. The molecule has 1 saturated heterocycles. The Morgan fingerprint density at radius 1 is 1.29 bits per heavy atom. The highest BCUT2D eigenvalue weighted by molar-refractivity contribution is 5.77. The average Bonchev–Trinajstić information content (AvgIpc) is 2.20. The minimum Gasteiger partial charge on any atom is -0.354 e. The molecule has 82 valence electrons. The van der Waals surface area contributed by atoms with Gasteiger partial charge in [-0.3, -0.25) is 4.79 Å². The standard InChI is InChI=1S/C10H21N3O/c1-11-9-10(14)12-5-8-13-6-3-2-4-7-13/h11H,2-9H2,1H3,(H,12,14). The lowest BCUT2D eigenvalue weighted by molar-refractivity contribution is -0.120. The maximum atomic E-state index is 11.1. The largest absolute Gasteiger partial charge is 0.354 e. The van der Waals surface area contributed by atoms with Gasteiger partial charge in [0.15, 0.2) is 0 Å². The molecule has 2 N–H and O–H groups in total. The molecule has 0 spiro atoms. The SMILES string of the molecule is CNCC(=O)NCCN1CCCCC1. The molecule has 0 atom stereocenters. The Morgan fingerprint density at radius 2 is 2.00 bits per heavy atom. The van der Waals surface area contributed by atoms with Crippen molar-refractivity contribution in [3.8, 4) is 0 Å². The summed E-state index contributed by atoms with van der Waals surface area (Å²) in [5.74, 6) is 0.0875. The highest BCUT2D eigenvalue weighted by Crippen LogP contribution is 2.06. The first-order valence-corrected chi connectivity index (χ1v) is 5.46. The number of likely N-dealkylation sites (N-methyl/N-ethyl adjacent to an activating group) is 1. The summed E-state index contributed by atoms with van der Waals surface area (Å²) in [5.41, 5.74) is 0. The van der Waals surface area contributed by atoms with Crippen LogP contribution in [0.3, 0.4) is 0 Å². The third kappa shape index (κ3) is 4.58. The Labute approximate surface area is 86.0 Å². The van der Waals surface area contributed by atoms with Gasteiger partial charge in [-0.2, -0.15) is 0 Å². The third-order valence-electron chi connectivity index (χ3n) is 2.54. The van der Waals surface area contributed by atoms with Gasteiger partial charge in [-0.15, -0.1) is 0 Å². The van der Waals surface area contributed by atoms with E-state index in [1.165, 1.54) is 32.4 Å². The zero-order valence-corrected chi connectivity index (χ0v) is 9.01. The van der Waals surface area contributed by atoms with Gasteiger partial charge >= 0.3 is 0 Å².